The van der Waals surface area contributed by atoms with Crippen molar-refractivity contribution in [3.63, 3.8) is 0 Å². The highest BCUT2D eigenvalue weighted by atomic mass is 16.2. The van der Waals surface area contributed by atoms with Crippen molar-refractivity contribution in [1.82, 2.24) is 10.2 Å². The van der Waals surface area contributed by atoms with Crippen LogP contribution in [0.4, 0.5) is 0 Å². The van der Waals surface area contributed by atoms with Gasteiger partial charge in [-0.25, -0.2) is 0 Å². The lowest BCUT2D eigenvalue weighted by molar-refractivity contribution is -0.131. The molecular weight excluding hydrogens is 236 g/mol. The van der Waals surface area contributed by atoms with Gasteiger partial charge < -0.3 is 10.2 Å². The molecule has 19 heavy (non-hydrogen) atoms. The van der Waals surface area contributed by atoms with E-state index in [0.29, 0.717) is 0 Å². The Labute approximate surface area is 117 Å². The van der Waals surface area contributed by atoms with Crippen molar-refractivity contribution < 1.29 is 4.79 Å². The number of nitrogens with zero attached hydrogens (tertiary/aromatic N) is 1. The molecule has 0 bridgehead atoms. The Bertz CT molecular complexity index is 398. The minimum Gasteiger partial charge on any atom is -0.347 e. The number of benzene rings is 1. The number of nitrogens with one attached hydrogen (secondary N) is 1. The SMILES string of the molecule is CCC(C)(C)CN[C@@H](C(=O)N(C)C)c1ccccc1. The molecule has 0 saturated carbocycles. The molecular formula is C16H26N2O. The summed E-state index contributed by atoms with van der Waals surface area (Å²) < 4.78 is 0. The van der Waals surface area contributed by atoms with Crippen molar-refractivity contribution in [2.45, 2.75) is 33.2 Å². The van der Waals surface area contributed by atoms with E-state index in [0.717, 1.165) is 18.5 Å². The average Bonchev–Trinajstić information content (AvgIpc) is 2.39. The Kier molecular flexibility index (Phi) is 5.55. The molecule has 3 nitrogen and oxygen atoms in total. The molecule has 0 aliphatic heterocycles. The van der Waals surface area contributed by atoms with Crippen LogP contribution in [0.15, 0.2) is 30.3 Å². The summed E-state index contributed by atoms with van der Waals surface area (Å²) in [5, 5.41) is 3.42. The zero-order valence-corrected chi connectivity index (χ0v) is 12.7. The van der Waals surface area contributed by atoms with Crippen LogP contribution in [0.25, 0.3) is 0 Å². The van der Waals surface area contributed by atoms with Gasteiger partial charge in [0.25, 0.3) is 0 Å². The molecule has 0 saturated heterocycles. The van der Waals surface area contributed by atoms with Crippen molar-refractivity contribution in [3.05, 3.63) is 35.9 Å². The highest BCUT2D eigenvalue weighted by Crippen LogP contribution is 2.21. The Balaban J connectivity index is 2.86. The third-order valence-corrected chi connectivity index (χ3v) is 3.56. The molecule has 1 N–H and O–H groups in total. The fourth-order valence-electron chi connectivity index (χ4n) is 1.75. The minimum absolute atomic E-state index is 0.0955. The monoisotopic (exact) mass is 262 g/mol. The Hall–Kier alpha value is -1.35. The van der Waals surface area contributed by atoms with Gasteiger partial charge in [0.1, 0.15) is 6.04 Å². The molecule has 1 atom stereocenters. The first-order chi connectivity index (χ1) is 8.87. The van der Waals surface area contributed by atoms with E-state index in [1.54, 1.807) is 19.0 Å². The second-order valence-corrected chi connectivity index (χ2v) is 5.98. The molecule has 0 aromatic heterocycles. The molecule has 0 unspecified atom stereocenters. The molecule has 0 fully saturated rings. The van der Waals surface area contributed by atoms with Gasteiger partial charge in [-0.15, -0.1) is 0 Å². The maximum absolute atomic E-state index is 12.3. The molecule has 3 heteroatoms. The van der Waals surface area contributed by atoms with Gasteiger partial charge in [0.15, 0.2) is 0 Å². The molecule has 1 aromatic rings. The van der Waals surface area contributed by atoms with Crippen molar-refractivity contribution in [1.29, 1.82) is 0 Å². The third-order valence-electron chi connectivity index (χ3n) is 3.56. The second-order valence-electron chi connectivity index (χ2n) is 5.98. The van der Waals surface area contributed by atoms with E-state index >= 15 is 0 Å². The van der Waals surface area contributed by atoms with Crippen molar-refractivity contribution in [2.75, 3.05) is 20.6 Å². The lowest BCUT2D eigenvalue weighted by atomic mass is 9.89. The van der Waals surface area contributed by atoms with Crippen LogP contribution in [0.2, 0.25) is 0 Å². The van der Waals surface area contributed by atoms with Crippen LogP contribution in [-0.4, -0.2) is 31.4 Å². The van der Waals surface area contributed by atoms with Crippen LogP contribution in [0, 0.1) is 5.41 Å². The first-order valence-corrected chi connectivity index (χ1v) is 6.87. The minimum atomic E-state index is -0.262. The van der Waals surface area contributed by atoms with E-state index in [4.69, 9.17) is 0 Å². The smallest absolute Gasteiger partial charge is 0.243 e. The van der Waals surface area contributed by atoms with Crippen LogP contribution in [0.1, 0.15) is 38.8 Å². The molecule has 1 amide bonds. The summed E-state index contributed by atoms with van der Waals surface area (Å²) in [7, 11) is 3.59. The summed E-state index contributed by atoms with van der Waals surface area (Å²) >= 11 is 0. The fourth-order valence-corrected chi connectivity index (χ4v) is 1.75. The normalized spacial score (nSPS) is 13.1. The molecule has 0 heterocycles. The maximum Gasteiger partial charge on any atom is 0.243 e. The molecule has 0 spiro atoms. The van der Waals surface area contributed by atoms with Gasteiger partial charge in [0, 0.05) is 20.6 Å². The molecule has 0 aliphatic rings. The van der Waals surface area contributed by atoms with Gasteiger partial charge in [-0.2, -0.15) is 0 Å². The second kappa shape index (κ2) is 6.71. The maximum atomic E-state index is 12.3. The van der Waals surface area contributed by atoms with Gasteiger partial charge in [-0.05, 0) is 17.4 Å². The van der Waals surface area contributed by atoms with Gasteiger partial charge >= 0.3 is 0 Å². The van der Waals surface area contributed by atoms with Gasteiger partial charge in [0.05, 0.1) is 0 Å². The summed E-state index contributed by atoms with van der Waals surface area (Å²) in [4.78, 5) is 14.0. The van der Waals surface area contributed by atoms with E-state index in [1.165, 1.54) is 0 Å². The van der Waals surface area contributed by atoms with E-state index < -0.39 is 0 Å². The van der Waals surface area contributed by atoms with Crippen molar-refractivity contribution in [3.8, 4) is 0 Å². The van der Waals surface area contributed by atoms with Crippen LogP contribution in [0.5, 0.6) is 0 Å². The topological polar surface area (TPSA) is 32.3 Å². The highest BCUT2D eigenvalue weighted by Gasteiger charge is 2.24. The van der Waals surface area contributed by atoms with Gasteiger partial charge in [-0.3, -0.25) is 4.79 Å². The van der Waals surface area contributed by atoms with E-state index in [9.17, 15) is 4.79 Å². The summed E-state index contributed by atoms with van der Waals surface area (Å²) in [6.07, 6.45) is 1.08. The number of rotatable bonds is 6. The zero-order chi connectivity index (χ0) is 14.5. The average molecular weight is 262 g/mol. The van der Waals surface area contributed by atoms with E-state index in [2.05, 4.69) is 26.1 Å². The first-order valence-electron chi connectivity index (χ1n) is 6.87. The quantitative estimate of drug-likeness (QED) is 0.855. The number of amides is 1. The van der Waals surface area contributed by atoms with Crippen LogP contribution in [-0.2, 0) is 4.79 Å². The predicted octanol–water partition coefficient (Wildman–Crippen LogP) is 2.84. The standard InChI is InChI=1S/C16H26N2O/c1-6-16(2,3)12-17-14(15(19)18(4)5)13-10-8-7-9-11-13/h7-11,14,17H,6,12H2,1-5H3/t14-/m1/s1. The van der Waals surface area contributed by atoms with Crippen LogP contribution in [0.3, 0.4) is 0 Å². The Morgan fingerprint density at radius 2 is 1.84 bits per heavy atom. The highest BCUT2D eigenvalue weighted by molar-refractivity contribution is 5.82. The number of likely N-dealkylation sites (N-methyl/N-ethyl adjacent to an activating group) is 1. The zero-order valence-electron chi connectivity index (χ0n) is 12.7. The van der Waals surface area contributed by atoms with Crippen molar-refractivity contribution >= 4 is 5.91 Å². The summed E-state index contributed by atoms with van der Waals surface area (Å²) in [6.45, 7) is 7.42. The number of carbonyl (C=O) groups excluding carboxylic acids is 1. The number of hydrogen-bond acceptors (Lipinski definition) is 2. The predicted molar refractivity (Wildman–Crippen MR) is 80.0 cm³/mol. The summed E-state index contributed by atoms with van der Waals surface area (Å²) in [6, 6.07) is 9.64. The Morgan fingerprint density at radius 1 is 1.26 bits per heavy atom. The van der Waals surface area contributed by atoms with Gasteiger partial charge in [-0.1, -0.05) is 51.1 Å². The Morgan fingerprint density at radius 3 is 2.32 bits per heavy atom. The van der Waals surface area contributed by atoms with E-state index in [-0.39, 0.29) is 17.4 Å². The first kappa shape index (κ1) is 15.7. The molecule has 1 aromatic carbocycles. The largest absolute Gasteiger partial charge is 0.347 e. The lowest BCUT2D eigenvalue weighted by Crippen LogP contribution is -2.40. The fraction of sp³-hybridized carbons (Fsp3) is 0.562. The molecule has 106 valence electrons. The molecule has 1 rings (SSSR count). The third kappa shape index (κ3) is 4.67. The van der Waals surface area contributed by atoms with E-state index in [1.807, 2.05) is 30.3 Å². The molecule has 0 aliphatic carbocycles. The van der Waals surface area contributed by atoms with Crippen LogP contribution < -0.4 is 5.32 Å². The lowest BCUT2D eigenvalue weighted by Gasteiger charge is -2.28. The van der Waals surface area contributed by atoms with Gasteiger partial charge in [0.2, 0.25) is 5.91 Å². The summed E-state index contributed by atoms with van der Waals surface area (Å²) in [5.41, 5.74) is 1.22. The van der Waals surface area contributed by atoms with Crippen LogP contribution >= 0.6 is 0 Å². The molecule has 0 radical (unpaired) electrons. The number of carbonyl (C=O) groups is 1. The van der Waals surface area contributed by atoms with Crippen molar-refractivity contribution in [2.24, 2.45) is 5.41 Å². The summed E-state index contributed by atoms with van der Waals surface area (Å²) in [5.74, 6) is 0.0955. The number of hydrogen-bond donors (Lipinski definition) is 1.